The van der Waals surface area contributed by atoms with Crippen LogP contribution in [0.2, 0.25) is 0 Å². The lowest BCUT2D eigenvalue weighted by atomic mass is 9.89. The monoisotopic (exact) mass is 415 g/mol. The van der Waals surface area contributed by atoms with Crippen LogP contribution in [0.4, 0.5) is 4.79 Å². The van der Waals surface area contributed by atoms with E-state index in [4.69, 9.17) is 4.74 Å². The SMILES string of the molecule is COc1ccc([C@@H]2[C@@H]3CN(C(=O)NCc4cccc(C)c4)C[C@@H]3CN2C)cc1.Cl. The Kier molecular flexibility index (Phi) is 6.70. The fourth-order valence-corrected chi connectivity index (χ4v) is 4.84. The number of halogens is 1. The fraction of sp³-hybridized carbons (Fsp3) is 0.435. The summed E-state index contributed by atoms with van der Waals surface area (Å²) in [6, 6.07) is 17.0. The second-order valence-electron chi connectivity index (χ2n) is 8.13. The largest absolute Gasteiger partial charge is 0.497 e. The van der Waals surface area contributed by atoms with Gasteiger partial charge in [0.05, 0.1) is 7.11 Å². The predicted octanol–water partition coefficient (Wildman–Crippen LogP) is 3.87. The van der Waals surface area contributed by atoms with Gasteiger partial charge in [-0.1, -0.05) is 42.0 Å². The summed E-state index contributed by atoms with van der Waals surface area (Å²) in [6.07, 6.45) is 0. The summed E-state index contributed by atoms with van der Waals surface area (Å²) in [6.45, 7) is 5.33. The topological polar surface area (TPSA) is 44.8 Å². The van der Waals surface area contributed by atoms with Crippen LogP contribution in [0.15, 0.2) is 48.5 Å². The first-order chi connectivity index (χ1) is 13.5. The maximum absolute atomic E-state index is 12.7. The summed E-state index contributed by atoms with van der Waals surface area (Å²) in [4.78, 5) is 17.2. The van der Waals surface area contributed by atoms with Gasteiger partial charge in [0.2, 0.25) is 0 Å². The van der Waals surface area contributed by atoms with Gasteiger partial charge in [-0.25, -0.2) is 4.79 Å². The molecule has 0 unspecified atom stereocenters. The molecule has 0 bridgehead atoms. The van der Waals surface area contributed by atoms with Crippen LogP contribution >= 0.6 is 12.4 Å². The van der Waals surface area contributed by atoms with Crippen molar-refractivity contribution >= 4 is 18.4 Å². The van der Waals surface area contributed by atoms with Crippen molar-refractivity contribution in [1.82, 2.24) is 15.1 Å². The molecule has 0 aliphatic carbocycles. The molecular formula is C23H30ClN3O2. The number of hydrogen-bond donors (Lipinski definition) is 1. The third kappa shape index (κ3) is 4.51. The van der Waals surface area contributed by atoms with Crippen molar-refractivity contribution in [2.75, 3.05) is 33.8 Å². The van der Waals surface area contributed by atoms with Crippen LogP contribution in [0.25, 0.3) is 0 Å². The molecule has 2 fully saturated rings. The Labute approximate surface area is 179 Å². The summed E-state index contributed by atoms with van der Waals surface area (Å²) in [5.41, 5.74) is 3.66. The highest BCUT2D eigenvalue weighted by atomic mass is 35.5. The van der Waals surface area contributed by atoms with E-state index in [9.17, 15) is 4.79 Å². The molecule has 5 nitrogen and oxygen atoms in total. The zero-order valence-electron chi connectivity index (χ0n) is 17.3. The Hall–Kier alpha value is -2.24. The number of rotatable bonds is 4. The molecule has 2 aliphatic rings. The second kappa shape index (κ2) is 9.06. The molecule has 2 aromatic carbocycles. The Bertz CT molecular complexity index is 842. The quantitative estimate of drug-likeness (QED) is 0.824. The number of hydrogen-bond acceptors (Lipinski definition) is 3. The average molecular weight is 416 g/mol. The lowest BCUT2D eigenvalue weighted by Crippen LogP contribution is -2.40. The highest BCUT2D eigenvalue weighted by Gasteiger charge is 2.47. The fourth-order valence-electron chi connectivity index (χ4n) is 4.84. The molecule has 2 heterocycles. The van der Waals surface area contributed by atoms with Gasteiger partial charge in [0.1, 0.15) is 5.75 Å². The molecule has 1 N–H and O–H groups in total. The molecular weight excluding hydrogens is 386 g/mol. The molecule has 29 heavy (non-hydrogen) atoms. The summed E-state index contributed by atoms with van der Waals surface area (Å²) >= 11 is 0. The van der Waals surface area contributed by atoms with Crippen molar-refractivity contribution in [2.24, 2.45) is 11.8 Å². The van der Waals surface area contributed by atoms with Gasteiger partial charge in [0, 0.05) is 38.1 Å². The van der Waals surface area contributed by atoms with Gasteiger partial charge in [-0.15, -0.1) is 12.4 Å². The third-order valence-electron chi connectivity index (χ3n) is 6.17. The molecule has 3 atom stereocenters. The third-order valence-corrected chi connectivity index (χ3v) is 6.17. The molecule has 0 radical (unpaired) electrons. The van der Waals surface area contributed by atoms with Crippen molar-refractivity contribution < 1.29 is 9.53 Å². The number of fused-ring (bicyclic) bond motifs is 1. The lowest BCUT2D eigenvalue weighted by Gasteiger charge is -2.27. The molecule has 156 valence electrons. The van der Waals surface area contributed by atoms with Gasteiger partial charge < -0.3 is 15.0 Å². The van der Waals surface area contributed by atoms with E-state index in [2.05, 4.69) is 54.5 Å². The van der Waals surface area contributed by atoms with E-state index in [0.29, 0.717) is 24.4 Å². The number of benzene rings is 2. The summed E-state index contributed by atoms with van der Waals surface area (Å²) < 4.78 is 5.29. The highest BCUT2D eigenvalue weighted by Crippen LogP contribution is 2.44. The Balaban J connectivity index is 0.00000240. The highest BCUT2D eigenvalue weighted by molar-refractivity contribution is 5.85. The number of aryl methyl sites for hydroxylation is 1. The number of amides is 2. The number of methoxy groups -OCH3 is 1. The van der Waals surface area contributed by atoms with Crippen molar-refractivity contribution in [2.45, 2.75) is 19.5 Å². The summed E-state index contributed by atoms with van der Waals surface area (Å²) in [7, 11) is 3.88. The molecule has 2 amide bonds. The van der Waals surface area contributed by atoms with E-state index in [1.54, 1.807) is 7.11 Å². The van der Waals surface area contributed by atoms with E-state index in [0.717, 1.165) is 30.9 Å². The van der Waals surface area contributed by atoms with Crippen LogP contribution in [0.5, 0.6) is 5.75 Å². The van der Waals surface area contributed by atoms with Gasteiger partial charge in [0.25, 0.3) is 0 Å². The van der Waals surface area contributed by atoms with Crippen molar-refractivity contribution in [3.05, 3.63) is 65.2 Å². The second-order valence-corrected chi connectivity index (χ2v) is 8.13. The maximum Gasteiger partial charge on any atom is 0.317 e. The maximum atomic E-state index is 12.7. The number of nitrogens with zero attached hydrogens (tertiary/aromatic N) is 2. The smallest absolute Gasteiger partial charge is 0.317 e. The van der Waals surface area contributed by atoms with Crippen LogP contribution in [-0.2, 0) is 6.54 Å². The summed E-state index contributed by atoms with van der Waals surface area (Å²) in [5, 5.41) is 3.10. The summed E-state index contributed by atoms with van der Waals surface area (Å²) in [5.74, 6) is 1.88. The minimum Gasteiger partial charge on any atom is -0.497 e. The van der Waals surface area contributed by atoms with Crippen molar-refractivity contribution in [3.63, 3.8) is 0 Å². The standard InChI is InChI=1S/C23H29N3O2.ClH/c1-16-5-4-6-17(11-16)12-24-23(27)26-14-19-13-25(2)22(21(19)15-26)18-7-9-20(28-3)10-8-18;/h4-11,19,21-22H,12-15H2,1-3H3,(H,24,27);1H/t19-,21+,22+;/m0./s1. The number of ether oxygens (including phenoxy) is 1. The predicted molar refractivity (Wildman–Crippen MR) is 118 cm³/mol. The van der Waals surface area contributed by atoms with Crippen LogP contribution in [0.3, 0.4) is 0 Å². The minimum absolute atomic E-state index is 0. The first-order valence-electron chi connectivity index (χ1n) is 9.97. The number of carbonyl (C=O) groups is 1. The Morgan fingerprint density at radius 1 is 1.14 bits per heavy atom. The molecule has 0 aromatic heterocycles. The normalized spacial score (nSPS) is 23.4. The number of urea groups is 1. The van der Waals surface area contributed by atoms with Crippen LogP contribution in [0, 0.1) is 18.8 Å². The number of likely N-dealkylation sites (tertiary alicyclic amines) is 2. The first kappa shape index (κ1) is 21.5. The molecule has 2 aliphatic heterocycles. The Morgan fingerprint density at radius 3 is 2.59 bits per heavy atom. The van der Waals surface area contributed by atoms with Gasteiger partial charge in [-0.05, 0) is 43.1 Å². The van der Waals surface area contributed by atoms with Crippen LogP contribution in [-0.4, -0.2) is 49.6 Å². The minimum atomic E-state index is 0. The van der Waals surface area contributed by atoms with E-state index in [1.165, 1.54) is 11.1 Å². The first-order valence-corrected chi connectivity index (χ1v) is 9.97. The molecule has 4 rings (SSSR count). The van der Waals surface area contributed by atoms with Crippen LogP contribution < -0.4 is 10.1 Å². The molecule has 0 spiro atoms. The zero-order chi connectivity index (χ0) is 19.7. The Morgan fingerprint density at radius 2 is 1.90 bits per heavy atom. The van der Waals surface area contributed by atoms with E-state index in [1.807, 2.05) is 23.1 Å². The molecule has 0 saturated carbocycles. The number of carbonyl (C=O) groups excluding carboxylic acids is 1. The molecule has 2 saturated heterocycles. The van der Waals surface area contributed by atoms with Crippen LogP contribution in [0.1, 0.15) is 22.7 Å². The average Bonchev–Trinajstić information content (AvgIpc) is 3.23. The van der Waals surface area contributed by atoms with Crippen molar-refractivity contribution in [3.8, 4) is 5.75 Å². The zero-order valence-corrected chi connectivity index (χ0v) is 18.1. The van der Waals surface area contributed by atoms with Gasteiger partial charge in [-0.2, -0.15) is 0 Å². The lowest BCUT2D eigenvalue weighted by molar-refractivity contribution is 0.193. The molecule has 2 aromatic rings. The molecule has 6 heteroatoms. The van der Waals surface area contributed by atoms with Gasteiger partial charge >= 0.3 is 6.03 Å². The van der Waals surface area contributed by atoms with Gasteiger partial charge in [-0.3, -0.25) is 4.90 Å². The van der Waals surface area contributed by atoms with Crippen molar-refractivity contribution in [1.29, 1.82) is 0 Å². The number of nitrogens with one attached hydrogen (secondary N) is 1. The van der Waals surface area contributed by atoms with Gasteiger partial charge in [0.15, 0.2) is 0 Å². The van der Waals surface area contributed by atoms with E-state index in [-0.39, 0.29) is 18.4 Å². The van der Waals surface area contributed by atoms with E-state index >= 15 is 0 Å². The van der Waals surface area contributed by atoms with E-state index < -0.39 is 0 Å².